The predicted octanol–water partition coefficient (Wildman–Crippen LogP) is 1.13. The molecule has 68 valence electrons. The van der Waals surface area contributed by atoms with Gasteiger partial charge in [0.1, 0.15) is 0 Å². The van der Waals surface area contributed by atoms with Gasteiger partial charge >= 0.3 is 11.9 Å². The molecule has 0 amide bonds. The summed E-state index contributed by atoms with van der Waals surface area (Å²) >= 11 is 0. The highest BCUT2D eigenvalue weighted by Crippen LogP contribution is 2.15. The summed E-state index contributed by atoms with van der Waals surface area (Å²) in [6, 6.07) is 0. The molecule has 0 saturated heterocycles. The molecule has 0 aromatic rings. The first kappa shape index (κ1) is 10.7. The molecule has 0 saturated carbocycles. The van der Waals surface area contributed by atoms with Crippen molar-refractivity contribution in [3.63, 3.8) is 0 Å². The third kappa shape index (κ3) is 3.75. The van der Waals surface area contributed by atoms with E-state index in [-0.39, 0.29) is 12.8 Å². The van der Waals surface area contributed by atoms with E-state index in [2.05, 4.69) is 6.58 Å². The molecule has 1 unspecified atom stereocenters. The molecule has 0 aliphatic heterocycles. The van der Waals surface area contributed by atoms with Gasteiger partial charge in [-0.25, -0.2) is 0 Å². The lowest BCUT2D eigenvalue weighted by Crippen LogP contribution is -2.15. The maximum Gasteiger partial charge on any atom is 0.310 e. The lowest BCUT2D eigenvalue weighted by molar-refractivity contribution is -0.141. The fraction of sp³-hybridized carbons (Fsp3) is 0.500. The molecular weight excluding hydrogens is 160 g/mol. The monoisotopic (exact) mass is 172 g/mol. The minimum Gasteiger partial charge on any atom is -0.481 e. The zero-order valence-electron chi connectivity index (χ0n) is 6.91. The summed E-state index contributed by atoms with van der Waals surface area (Å²) in [4.78, 5) is 20.6. The van der Waals surface area contributed by atoms with Gasteiger partial charge in [0.2, 0.25) is 0 Å². The largest absolute Gasteiger partial charge is 0.481 e. The third-order valence-electron chi connectivity index (χ3n) is 1.54. The van der Waals surface area contributed by atoms with E-state index in [1.165, 1.54) is 0 Å². The maximum absolute atomic E-state index is 10.5. The average Bonchev–Trinajstić information content (AvgIpc) is 1.84. The summed E-state index contributed by atoms with van der Waals surface area (Å²) in [5.41, 5.74) is 0.490. The highest BCUT2D eigenvalue weighted by atomic mass is 16.4. The first-order chi connectivity index (χ1) is 5.45. The van der Waals surface area contributed by atoms with Gasteiger partial charge in [-0.2, -0.15) is 0 Å². The number of aliphatic carboxylic acids is 2. The Bertz CT molecular complexity index is 193. The normalized spacial score (nSPS) is 12.1. The van der Waals surface area contributed by atoms with E-state index in [9.17, 15) is 9.59 Å². The summed E-state index contributed by atoms with van der Waals surface area (Å²) in [6.07, 6.45) is -0.0240. The maximum atomic E-state index is 10.5. The molecule has 0 bridgehead atoms. The van der Waals surface area contributed by atoms with Crippen molar-refractivity contribution in [3.8, 4) is 0 Å². The fourth-order valence-corrected chi connectivity index (χ4v) is 0.848. The number of hydrogen-bond donors (Lipinski definition) is 2. The van der Waals surface area contributed by atoms with Crippen LogP contribution < -0.4 is 0 Å². The average molecular weight is 172 g/mol. The van der Waals surface area contributed by atoms with Crippen molar-refractivity contribution >= 4 is 11.9 Å². The second kappa shape index (κ2) is 4.54. The molecule has 0 aliphatic rings. The molecule has 4 nitrogen and oxygen atoms in total. The standard InChI is InChI=1S/C8H12O4/c1-5(2)6(8(11)12)3-4-7(9)10/h6H,1,3-4H2,2H3,(H,9,10)(H,11,12). The molecular formula is C8H12O4. The molecule has 4 heteroatoms. The van der Waals surface area contributed by atoms with Crippen molar-refractivity contribution in [2.45, 2.75) is 19.8 Å². The highest BCUT2D eigenvalue weighted by molar-refractivity contribution is 5.74. The van der Waals surface area contributed by atoms with E-state index in [4.69, 9.17) is 10.2 Å². The lowest BCUT2D eigenvalue weighted by Gasteiger charge is -2.09. The van der Waals surface area contributed by atoms with Crippen molar-refractivity contribution in [2.24, 2.45) is 5.92 Å². The molecule has 0 aromatic heterocycles. The van der Waals surface area contributed by atoms with Crippen molar-refractivity contribution in [1.29, 1.82) is 0 Å². The number of hydrogen-bond acceptors (Lipinski definition) is 2. The van der Waals surface area contributed by atoms with Crippen LogP contribution in [0.1, 0.15) is 19.8 Å². The van der Waals surface area contributed by atoms with Crippen LogP contribution >= 0.6 is 0 Å². The van der Waals surface area contributed by atoms with Crippen molar-refractivity contribution in [2.75, 3.05) is 0 Å². The highest BCUT2D eigenvalue weighted by Gasteiger charge is 2.18. The Balaban J connectivity index is 4.06. The Morgan fingerprint density at radius 3 is 2.17 bits per heavy atom. The summed E-state index contributed by atoms with van der Waals surface area (Å²) in [5.74, 6) is -2.73. The van der Waals surface area contributed by atoms with Gasteiger partial charge in [0.05, 0.1) is 5.92 Å². The number of rotatable bonds is 5. The zero-order chi connectivity index (χ0) is 9.72. The van der Waals surface area contributed by atoms with Gasteiger partial charge in [-0.05, 0) is 13.3 Å². The van der Waals surface area contributed by atoms with E-state index in [1.807, 2.05) is 0 Å². The Morgan fingerprint density at radius 2 is 1.92 bits per heavy atom. The molecule has 0 aliphatic carbocycles. The molecule has 0 radical (unpaired) electrons. The van der Waals surface area contributed by atoms with Gasteiger partial charge in [-0.1, -0.05) is 12.2 Å². The van der Waals surface area contributed by atoms with Crippen molar-refractivity contribution in [1.82, 2.24) is 0 Å². The van der Waals surface area contributed by atoms with Gasteiger partial charge in [0, 0.05) is 6.42 Å². The van der Waals surface area contributed by atoms with Crippen LogP contribution in [0.5, 0.6) is 0 Å². The minimum absolute atomic E-state index is 0.111. The molecule has 0 rings (SSSR count). The molecule has 0 spiro atoms. The summed E-state index contributed by atoms with van der Waals surface area (Å²) in [5, 5.41) is 16.9. The smallest absolute Gasteiger partial charge is 0.310 e. The quantitative estimate of drug-likeness (QED) is 0.609. The first-order valence-corrected chi connectivity index (χ1v) is 3.55. The van der Waals surface area contributed by atoms with Gasteiger partial charge in [-0.3, -0.25) is 9.59 Å². The molecule has 1 atom stereocenters. The Hall–Kier alpha value is -1.32. The van der Waals surface area contributed by atoms with E-state index >= 15 is 0 Å². The summed E-state index contributed by atoms with van der Waals surface area (Å²) < 4.78 is 0. The van der Waals surface area contributed by atoms with E-state index in [0.717, 1.165) is 0 Å². The van der Waals surface area contributed by atoms with Gasteiger partial charge < -0.3 is 10.2 Å². The molecule has 0 aromatic carbocycles. The molecule has 0 fully saturated rings. The van der Waals surface area contributed by atoms with Crippen LogP contribution in [0.15, 0.2) is 12.2 Å². The topological polar surface area (TPSA) is 74.6 Å². The first-order valence-electron chi connectivity index (χ1n) is 3.55. The Kier molecular flexibility index (Phi) is 4.04. The van der Waals surface area contributed by atoms with Crippen LogP contribution in [-0.2, 0) is 9.59 Å². The summed E-state index contributed by atoms with van der Waals surface area (Å²) in [6.45, 7) is 5.06. The van der Waals surface area contributed by atoms with Crippen LogP contribution in [-0.4, -0.2) is 22.2 Å². The van der Waals surface area contributed by atoms with Gasteiger partial charge in [0.15, 0.2) is 0 Å². The van der Waals surface area contributed by atoms with E-state index in [0.29, 0.717) is 5.57 Å². The third-order valence-corrected chi connectivity index (χ3v) is 1.54. The van der Waals surface area contributed by atoms with Crippen molar-refractivity contribution in [3.05, 3.63) is 12.2 Å². The number of carbonyl (C=O) groups is 2. The van der Waals surface area contributed by atoms with Crippen LogP contribution in [0.3, 0.4) is 0 Å². The lowest BCUT2D eigenvalue weighted by atomic mass is 9.97. The molecule has 0 heterocycles. The second-order valence-corrected chi connectivity index (χ2v) is 2.67. The van der Waals surface area contributed by atoms with Crippen LogP contribution in [0.25, 0.3) is 0 Å². The summed E-state index contributed by atoms with van der Waals surface area (Å²) in [7, 11) is 0. The Morgan fingerprint density at radius 1 is 1.42 bits per heavy atom. The van der Waals surface area contributed by atoms with E-state index < -0.39 is 17.9 Å². The van der Waals surface area contributed by atoms with Crippen molar-refractivity contribution < 1.29 is 19.8 Å². The van der Waals surface area contributed by atoms with Gasteiger partial charge in [-0.15, -0.1) is 0 Å². The predicted molar refractivity (Wildman–Crippen MR) is 42.8 cm³/mol. The van der Waals surface area contributed by atoms with Crippen LogP contribution in [0, 0.1) is 5.92 Å². The molecule has 2 N–H and O–H groups in total. The SMILES string of the molecule is C=C(C)C(CCC(=O)O)C(=O)O. The van der Waals surface area contributed by atoms with Crippen LogP contribution in [0.2, 0.25) is 0 Å². The fourth-order valence-electron chi connectivity index (χ4n) is 0.848. The zero-order valence-corrected chi connectivity index (χ0v) is 6.91. The van der Waals surface area contributed by atoms with E-state index in [1.54, 1.807) is 6.92 Å². The van der Waals surface area contributed by atoms with Gasteiger partial charge in [0.25, 0.3) is 0 Å². The minimum atomic E-state index is -1.01. The molecule has 12 heavy (non-hydrogen) atoms. The Labute approximate surface area is 70.5 Å². The number of carboxylic acids is 2. The number of carboxylic acid groups (broad SMARTS) is 2. The second-order valence-electron chi connectivity index (χ2n) is 2.67. The van der Waals surface area contributed by atoms with Crippen LogP contribution in [0.4, 0.5) is 0 Å².